The topological polar surface area (TPSA) is 39.7 Å². The van der Waals surface area contributed by atoms with Crippen LogP contribution >= 0.6 is 0 Å². The highest BCUT2D eigenvalue weighted by atomic mass is 16.5. The molecule has 0 aliphatic carbocycles. The molecular formula is C21H29NO3. The smallest absolute Gasteiger partial charge is 0.123 e. The molecule has 4 heteroatoms. The van der Waals surface area contributed by atoms with Crippen molar-refractivity contribution in [2.75, 3.05) is 21.3 Å². The Hall–Kier alpha value is -2.20. The Balaban J connectivity index is 2.11. The second kappa shape index (κ2) is 9.33. The molecule has 1 unspecified atom stereocenters. The summed E-state index contributed by atoms with van der Waals surface area (Å²) < 4.78 is 16.5. The molecule has 2 rings (SSSR count). The Kier molecular flexibility index (Phi) is 7.14. The van der Waals surface area contributed by atoms with Crippen molar-refractivity contribution in [3.05, 3.63) is 53.1 Å². The number of nitrogens with one attached hydrogen (secondary N) is 1. The first-order chi connectivity index (χ1) is 12.1. The molecule has 0 aliphatic heterocycles. The van der Waals surface area contributed by atoms with E-state index in [4.69, 9.17) is 14.2 Å². The molecular weight excluding hydrogens is 314 g/mol. The predicted molar refractivity (Wildman–Crippen MR) is 102 cm³/mol. The summed E-state index contributed by atoms with van der Waals surface area (Å²) in [6.07, 6.45) is 1.90. The van der Waals surface area contributed by atoms with Crippen molar-refractivity contribution < 1.29 is 14.2 Å². The number of rotatable bonds is 9. The molecule has 0 saturated heterocycles. The summed E-state index contributed by atoms with van der Waals surface area (Å²) in [5.74, 6) is 2.73. The van der Waals surface area contributed by atoms with E-state index < -0.39 is 0 Å². The zero-order chi connectivity index (χ0) is 18.2. The molecule has 0 spiro atoms. The van der Waals surface area contributed by atoms with E-state index in [9.17, 15) is 0 Å². The van der Waals surface area contributed by atoms with Gasteiger partial charge in [0.25, 0.3) is 0 Å². The van der Waals surface area contributed by atoms with Gasteiger partial charge in [-0.1, -0.05) is 25.1 Å². The van der Waals surface area contributed by atoms with Gasteiger partial charge in [0, 0.05) is 18.2 Å². The van der Waals surface area contributed by atoms with E-state index in [0.29, 0.717) is 6.04 Å². The van der Waals surface area contributed by atoms with Crippen molar-refractivity contribution in [2.45, 2.75) is 39.3 Å². The van der Waals surface area contributed by atoms with Gasteiger partial charge in [0.1, 0.15) is 17.2 Å². The second-order valence-electron chi connectivity index (χ2n) is 6.14. The van der Waals surface area contributed by atoms with Crippen LogP contribution in [0.2, 0.25) is 0 Å². The third-order valence-corrected chi connectivity index (χ3v) is 4.53. The number of hydrogen-bond acceptors (Lipinski definition) is 4. The molecule has 0 bridgehead atoms. The fourth-order valence-corrected chi connectivity index (χ4v) is 3.00. The van der Waals surface area contributed by atoms with Gasteiger partial charge >= 0.3 is 0 Å². The van der Waals surface area contributed by atoms with Gasteiger partial charge in [-0.2, -0.15) is 0 Å². The number of para-hydroxylation sites is 1. The van der Waals surface area contributed by atoms with Gasteiger partial charge in [-0.3, -0.25) is 0 Å². The first kappa shape index (κ1) is 19.1. The molecule has 2 aromatic rings. The van der Waals surface area contributed by atoms with Gasteiger partial charge in [0.05, 0.1) is 21.3 Å². The Morgan fingerprint density at radius 1 is 0.880 bits per heavy atom. The van der Waals surface area contributed by atoms with Crippen LogP contribution in [0.15, 0.2) is 36.4 Å². The fraction of sp³-hybridized carbons (Fsp3) is 0.429. The summed E-state index contributed by atoms with van der Waals surface area (Å²) in [7, 11) is 5.13. The number of methoxy groups -OCH3 is 3. The lowest BCUT2D eigenvalue weighted by atomic mass is 10.0. The maximum atomic E-state index is 5.57. The number of aryl methyl sites for hydroxylation is 1. The van der Waals surface area contributed by atoms with E-state index in [0.717, 1.165) is 53.3 Å². The number of ether oxygens (including phenoxy) is 3. The van der Waals surface area contributed by atoms with Gasteiger partial charge in [-0.25, -0.2) is 0 Å². The largest absolute Gasteiger partial charge is 0.496 e. The average molecular weight is 343 g/mol. The standard InChI is InChI=1S/C21H29NO3/c1-6-18(22-14-16-9-7-8-10-19(16)23-3)12-17-13-20(24-4)15(2)11-21(17)25-5/h7-11,13,18,22H,6,12,14H2,1-5H3. The van der Waals surface area contributed by atoms with Crippen LogP contribution in [0.4, 0.5) is 0 Å². The van der Waals surface area contributed by atoms with E-state index in [1.807, 2.05) is 31.2 Å². The highest BCUT2D eigenvalue weighted by Crippen LogP contribution is 2.29. The lowest BCUT2D eigenvalue weighted by Gasteiger charge is -2.20. The Labute approximate surface area is 151 Å². The maximum absolute atomic E-state index is 5.57. The van der Waals surface area contributed by atoms with Crippen molar-refractivity contribution in [1.29, 1.82) is 0 Å². The molecule has 4 nitrogen and oxygen atoms in total. The quantitative estimate of drug-likeness (QED) is 0.743. The molecule has 25 heavy (non-hydrogen) atoms. The van der Waals surface area contributed by atoms with Crippen LogP contribution in [0.5, 0.6) is 17.2 Å². The zero-order valence-corrected chi connectivity index (χ0v) is 15.9. The molecule has 0 radical (unpaired) electrons. The number of benzene rings is 2. The SMILES string of the molecule is CCC(Cc1cc(OC)c(C)cc1OC)NCc1ccccc1OC. The summed E-state index contributed by atoms with van der Waals surface area (Å²) in [6, 6.07) is 12.6. The van der Waals surface area contributed by atoms with Crippen LogP contribution in [0.1, 0.15) is 30.0 Å². The molecule has 0 amide bonds. The lowest BCUT2D eigenvalue weighted by molar-refractivity contribution is 0.389. The second-order valence-corrected chi connectivity index (χ2v) is 6.14. The first-order valence-corrected chi connectivity index (χ1v) is 8.69. The third-order valence-electron chi connectivity index (χ3n) is 4.53. The van der Waals surface area contributed by atoms with E-state index >= 15 is 0 Å². The van der Waals surface area contributed by atoms with Gasteiger partial charge < -0.3 is 19.5 Å². The van der Waals surface area contributed by atoms with E-state index in [1.54, 1.807) is 21.3 Å². The molecule has 136 valence electrons. The van der Waals surface area contributed by atoms with Crippen molar-refractivity contribution in [2.24, 2.45) is 0 Å². The van der Waals surface area contributed by atoms with Crippen LogP contribution in [0.25, 0.3) is 0 Å². The Morgan fingerprint density at radius 2 is 1.56 bits per heavy atom. The molecule has 0 fully saturated rings. The van der Waals surface area contributed by atoms with Crippen LogP contribution in [-0.2, 0) is 13.0 Å². The van der Waals surface area contributed by atoms with E-state index in [-0.39, 0.29) is 0 Å². The third kappa shape index (κ3) is 4.89. The summed E-state index contributed by atoms with van der Waals surface area (Å²) in [5.41, 5.74) is 3.40. The molecule has 1 N–H and O–H groups in total. The summed E-state index contributed by atoms with van der Waals surface area (Å²) in [5, 5.41) is 3.64. The molecule has 0 aliphatic rings. The summed E-state index contributed by atoms with van der Waals surface area (Å²) >= 11 is 0. The van der Waals surface area contributed by atoms with Crippen LogP contribution in [0.3, 0.4) is 0 Å². The van der Waals surface area contributed by atoms with Gasteiger partial charge in [0.2, 0.25) is 0 Å². The highest BCUT2D eigenvalue weighted by Gasteiger charge is 2.14. The van der Waals surface area contributed by atoms with Crippen molar-refractivity contribution in [3.63, 3.8) is 0 Å². The summed E-state index contributed by atoms with van der Waals surface area (Å²) in [6.45, 7) is 4.99. The fourth-order valence-electron chi connectivity index (χ4n) is 3.00. The van der Waals surface area contributed by atoms with Crippen LogP contribution < -0.4 is 19.5 Å². The molecule has 0 saturated carbocycles. The minimum Gasteiger partial charge on any atom is -0.496 e. The van der Waals surface area contributed by atoms with Crippen molar-refractivity contribution >= 4 is 0 Å². The lowest BCUT2D eigenvalue weighted by Crippen LogP contribution is -2.30. The molecule has 1 atom stereocenters. The average Bonchev–Trinajstić information content (AvgIpc) is 2.65. The van der Waals surface area contributed by atoms with Gasteiger partial charge in [0.15, 0.2) is 0 Å². The highest BCUT2D eigenvalue weighted by molar-refractivity contribution is 5.46. The molecule has 0 aromatic heterocycles. The molecule has 2 aromatic carbocycles. The first-order valence-electron chi connectivity index (χ1n) is 8.69. The maximum Gasteiger partial charge on any atom is 0.123 e. The van der Waals surface area contributed by atoms with Gasteiger partial charge in [-0.15, -0.1) is 0 Å². The Bertz CT molecular complexity index is 685. The molecule has 0 heterocycles. The van der Waals surface area contributed by atoms with Gasteiger partial charge in [-0.05, 0) is 49.1 Å². The van der Waals surface area contributed by atoms with Crippen LogP contribution in [-0.4, -0.2) is 27.4 Å². The minimum absolute atomic E-state index is 0.339. The van der Waals surface area contributed by atoms with Crippen molar-refractivity contribution in [1.82, 2.24) is 5.32 Å². The van der Waals surface area contributed by atoms with E-state index in [2.05, 4.69) is 24.4 Å². The van der Waals surface area contributed by atoms with E-state index in [1.165, 1.54) is 0 Å². The normalized spacial score (nSPS) is 11.9. The number of hydrogen-bond donors (Lipinski definition) is 1. The van der Waals surface area contributed by atoms with Crippen LogP contribution in [0, 0.1) is 6.92 Å². The summed E-state index contributed by atoms with van der Waals surface area (Å²) in [4.78, 5) is 0. The minimum atomic E-state index is 0.339. The van der Waals surface area contributed by atoms with Crippen molar-refractivity contribution in [3.8, 4) is 17.2 Å². The zero-order valence-electron chi connectivity index (χ0n) is 15.9. The monoisotopic (exact) mass is 343 g/mol. The predicted octanol–water partition coefficient (Wildman–Crippen LogP) is 4.13. The Morgan fingerprint density at radius 3 is 2.20 bits per heavy atom.